The van der Waals surface area contributed by atoms with Crippen molar-refractivity contribution < 1.29 is 4.79 Å². The van der Waals surface area contributed by atoms with Crippen LogP contribution in [0.4, 0.5) is 5.69 Å². The third kappa shape index (κ3) is 2.56. The molecule has 2 aromatic carbocycles. The number of hydrogen-bond donors (Lipinski definition) is 1. The number of anilines is 1. The monoisotopic (exact) mass is 299 g/mol. The molecule has 0 aromatic heterocycles. The average Bonchev–Trinajstić information content (AvgIpc) is 3.24. The van der Waals surface area contributed by atoms with E-state index in [1.165, 1.54) is 5.56 Å². The molecule has 2 nitrogen and oxygen atoms in total. The van der Waals surface area contributed by atoms with Crippen LogP contribution in [0.3, 0.4) is 0 Å². The first-order chi connectivity index (χ1) is 10.0. The summed E-state index contributed by atoms with van der Waals surface area (Å²) in [6.07, 6.45) is 1.71. The van der Waals surface area contributed by atoms with Crippen LogP contribution in [-0.4, -0.2) is 5.91 Å². The number of carbonyl (C=O) groups is 1. The molecule has 1 N–H and O–H groups in total. The largest absolute Gasteiger partial charge is 0.325 e. The fourth-order valence-electron chi connectivity index (χ4n) is 2.79. The first-order valence-corrected chi connectivity index (χ1v) is 7.54. The summed E-state index contributed by atoms with van der Waals surface area (Å²) in [5.74, 6) is 0.0440. The predicted molar refractivity (Wildman–Crippen MR) is 86.9 cm³/mol. The summed E-state index contributed by atoms with van der Waals surface area (Å²) in [7, 11) is 0. The maximum absolute atomic E-state index is 12.7. The lowest BCUT2D eigenvalue weighted by Gasteiger charge is -2.18. The van der Waals surface area contributed by atoms with Gasteiger partial charge < -0.3 is 5.32 Å². The van der Waals surface area contributed by atoms with Crippen molar-refractivity contribution in [1.82, 2.24) is 0 Å². The van der Waals surface area contributed by atoms with Crippen LogP contribution >= 0.6 is 11.6 Å². The van der Waals surface area contributed by atoms with Gasteiger partial charge in [0.15, 0.2) is 0 Å². The van der Waals surface area contributed by atoms with Crippen LogP contribution in [-0.2, 0) is 10.2 Å². The molecule has 0 spiro atoms. The van der Waals surface area contributed by atoms with Gasteiger partial charge in [0.25, 0.3) is 0 Å². The molecule has 1 aliphatic rings. The number of benzene rings is 2. The highest BCUT2D eigenvalue weighted by atomic mass is 35.5. The molecule has 3 rings (SSSR count). The molecule has 0 aliphatic heterocycles. The molecule has 0 saturated heterocycles. The Morgan fingerprint density at radius 1 is 1.14 bits per heavy atom. The van der Waals surface area contributed by atoms with Gasteiger partial charge in [-0.25, -0.2) is 0 Å². The molecule has 21 heavy (non-hydrogen) atoms. The zero-order chi connectivity index (χ0) is 15.0. The van der Waals surface area contributed by atoms with E-state index < -0.39 is 5.41 Å². The normalized spacial score (nSPS) is 15.6. The molecule has 1 fully saturated rings. The molecule has 0 bridgehead atoms. The molecule has 0 heterocycles. The third-order valence-corrected chi connectivity index (χ3v) is 4.53. The van der Waals surface area contributed by atoms with E-state index in [-0.39, 0.29) is 5.91 Å². The van der Waals surface area contributed by atoms with Crippen LogP contribution in [0.2, 0.25) is 5.02 Å². The van der Waals surface area contributed by atoms with Crippen LogP contribution in [0.25, 0.3) is 0 Å². The molecule has 1 saturated carbocycles. The SMILES string of the molecule is Cc1ccc(NC(=O)C2(c3ccccc3Cl)CC2)c(C)c1. The second-order valence-electron chi connectivity index (χ2n) is 5.83. The second kappa shape index (κ2) is 5.19. The van der Waals surface area contributed by atoms with E-state index in [0.29, 0.717) is 5.02 Å². The highest BCUT2D eigenvalue weighted by Gasteiger charge is 2.52. The lowest BCUT2D eigenvalue weighted by atomic mass is 9.94. The van der Waals surface area contributed by atoms with E-state index in [1.54, 1.807) is 0 Å². The van der Waals surface area contributed by atoms with Crippen LogP contribution in [0.15, 0.2) is 42.5 Å². The number of amides is 1. The Kier molecular flexibility index (Phi) is 3.50. The van der Waals surface area contributed by atoms with Crippen molar-refractivity contribution in [3.63, 3.8) is 0 Å². The zero-order valence-electron chi connectivity index (χ0n) is 12.2. The molecule has 0 unspecified atom stereocenters. The minimum absolute atomic E-state index is 0.0440. The molecule has 2 aromatic rings. The van der Waals surface area contributed by atoms with Crippen molar-refractivity contribution in [2.45, 2.75) is 32.1 Å². The second-order valence-corrected chi connectivity index (χ2v) is 6.24. The summed E-state index contributed by atoms with van der Waals surface area (Å²) in [5, 5.41) is 3.74. The van der Waals surface area contributed by atoms with Gasteiger partial charge in [0.2, 0.25) is 5.91 Å². The summed E-state index contributed by atoms with van der Waals surface area (Å²) >= 11 is 6.27. The van der Waals surface area contributed by atoms with E-state index >= 15 is 0 Å². The van der Waals surface area contributed by atoms with Crippen molar-refractivity contribution >= 4 is 23.2 Å². The number of aryl methyl sites for hydroxylation is 2. The van der Waals surface area contributed by atoms with Crippen molar-refractivity contribution in [1.29, 1.82) is 0 Å². The van der Waals surface area contributed by atoms with Crippen molar-refractivity contribution in [2.24, 2.45) is 0 Å². The minimum atomic E-state index is -0.449. The smallest absolute Gasteiger partial charge is 0.235 e. The van der Waals surface area contributed by atoms with Crippen LogP contribution in [0, 0.1) is 13.8 Å². The van der Waals surface area contributed by atoms with E-state index in [2.05, 4.69) is 11.4 Å². The zero-order valence-corrected chi connectivity index (χ0v) is 13.0. The van der Waals surface area contributed by atoms with Gasteiger partial charge in [0.1, 0.15) is 0 Å². The number of halogens is 1. The number of hydrogen-bond acceptors (Lipinski definition) is 1. The highest BCUT2D eigenvalue weighted by molar-refractivity contribution is 6.32. The van der Waals surface area contributed by atoms with Gasteiger partial charge in [0.05, 0.1) is 5.41 Å². The summed E-state index contributed by atoms with van der Waals surface area (Å²) in [6.45, 7) is 4.06. The first-order valence-electron chi connectivity index (χ1n) is 7.17. The lowest BCUT2D eigenvalue weighted by molar-refractivity contribution is -0.118. The molecule has 108 valence electrons. The third-order valence-electron chi connectivity index (χ3n) is 4.20. The standard InChI is InChI=1S/C18H18ClNO/c1-12-7-8-16(13(2)11-12)20-17(21)18(9-10-18)14-5-3-4-6-15(14)19/h3-8,11H,9-10H2,1-2H3,(H,20,21). The lowest BCUT2D eigenvalue weighted by Crippen LogP contribution is -2.28. The summed E-state index contributed by atoms with van der Waals surface area (Å²) in [6, 6.07) is 13.7. The minimum Gasteiger partial charge on any atom is -0.325 e. The Labute approximate surface area is 130 Å². The van der Waals surface area contributed by atoms with Crippen LogP contribution < -0.4 is 5.32 Å². The van der Waals surface area contributed by atoms with E-state index in [0.717, 1.165) is 29.7 Å². The summed E-state index contributed by atoms with van der Waals surface area (Å²) < 4.78 is 0. The number of carbonyl (C=O) groups excluding carboxylic acids is 1. The van der Waals surface area contributed by atoms with E-state index in [9.17, 15) is 4.79 Å². The van der Waals surface area contributed by atoms with Crippen molar-refractivity contribution in [3.05, 3.63) is 64.2 Å². The van der Waals surface area contributed by atoms with Gasteiger partial charge in [-0.2, -0.15) is 0 Å². The Morgan fingerprint density at radius 2 is 1.86 bits per heavy atom. The molecular formula is C18H18ClNO. The fourth-order valence-corrected chi connectivity index (χ4v) is 3.11. The van der Waals surface area contributed by atoms with Crippen molar-refractivity contribution in [3.8, 4) is 0 Å². The highest BCUT2D eigenvalue weighted by Crippen LogP contribution is 2.51. The Bertz CT molecular complexity index is 704. The summed E-state index contributed by atoms with van der Waals surface area (Å²) in [5.41, 5.74) is 3.64. The van der Waals surface area contributed by atoms with Gasteiger partial charge in [-0.05, 0) is 49.9 Å². The van der Waals surface area contributed by atoms with Gasteiger partial charge in [0, 0.05) is 10.7 Å². The van der Waals surface area contributed by atoms with E-state index in [4.69, 9.17) is 11.6 Å². The topological polar surface area (TPSA) is 29.1 Å². The van der Waals surface area contributed by atoms with Crippen molar-refractivity contribution in [2.75, 3.05) is 5.32 Å². The fraction of sp³-hybridized carbons (Fsp3) is 0.278. The van der Waals surface area contributed by atoms with E-state index in [1.807, 2.05) is 50.2 Å². The first kappa shape index (κ1) is 14.2. The maximum Gasteiger partial charge on any atom is 0.235 e. The van der Waals surface area contributed by atoms with Crippen LogP contribution in [0.1, 0.15) is 29.5 Å². The average molecular weight is 300 g/mol. The predicted octanol–water partition coefficient (Wildman–Crippen LogP) is 4.63. The van der Waals surface area contributed by atoms with Crippen LogP contribution in [0.5, 0.6) is 0 Å². The van der Waals surface area contributed by atoms with Gasteiger partial charge in [-0.3, -0.25) is 4.79 Å². The molecule has 3 heteroatoms. The summed E-state index contributed by atoms with van der Waals surface area (Å²) in [4.78, 5) is 12.7. The quantitative estimate of drug-likeness (QED) is 0.880. The maximum atomic E-state index is 12.7. The Balaban J connectivity index is 1.87. The van der Waals surface area contributed by atoms with Gasteiger partial charge in [-0.1, -0.05) is 47.5 Å². The van der Waals surface area contributed by atoms with Gasteiger partial charge in [-0.15, -0.1) is 0 Å². The molecule has 1 amide bonds. The Morgan fingerprint density at radius 3 is 2.48 bits per heavy atom. The Hall–Kier alpha value is -1.80. The number of rotatable bonds is 3. The molecule has 0 radical (unpaired) electrons. The molecule has 0 atom stereocenters. The van der Waals surface area contributed by atoms with Gasteiger partial charge >= 0.3 is 0 Å². The molecular weight excluding hydrogens is 282 g/mol. The number of nitrogens with one attached hydrogen (secondary N) is 1. The molecule has 1 aliphatic carbocycles.